The summed E-state index contributed by atoms with van der Waals surface area (Å²) < 4.78 is 5.33. The summed E-state index contributed by atoms with van der Waals surface area (Å²) in [6.45, 7) is 2.32. The lowest BCUT2D eigenvalue weighted by molar-refractivity contribution is -0.114. The van der Waals surface area contributed by atoms with Gasteiger partial charge in [0.05, 0.1) is 7.11 Å². The van der Waals surface area contributed by atoms with Gasteiger partial charge in [-0.15, -0.1) is 0 Å². The smallest absolute Gasteiger partial charge is 0.221 e. The minimum absolute atomic E-state index is 0.0631. The van der Waals surface area contributed by atoms with Crippen molar-refractivity contribution in [1.82, 2.24) is 0 Å². The highest BCUT2D eigenvalue weighted by Gasteiger charge is 2.01. The van der Waals surface area contributed by atoms with Crippen LogP contribution in [0.1, 0.15) is 12.5 Å². The number of ether oxygens (including phenoxy) is 1. The molecule has 0 saturated heterocycles. The molecule has 0 aliphatic rings. The molecule has 0 heterocycles. The Morgan fingerprint density at radius 2 is 1.71 bits per heavy atom. The highest BCUT2D eigenvalue weighted by Crippen LogP contribution is 2.18. The van der Waals surface area contributed by atoms with Gasteiger partial charge in [-0.25, -0.2) is 0 Å². The summed E-state index contributed by atoms with van der Waals surface area (Å²) in [6, 6.07) is 15.7. The van der Waals surface area contributed by atoms with Gasteiger partial charge in [-0.2, -0.15) is 0 Å². The summed E-state index contributed by atoms with van der Waals surface area (Å²) in [5, 5.41) is 6.10. The molecule has 4 heteroatoms. The van der Waals surface area contributed by atoms with Crippen LogP contribution < -0.4 is 15.4 Å². The first kappa shape index (κ1) is 14.9. The van der Waals surface area contributed by atoms with Gasteiger partial charge in [0, 0.05) is 24.8 Å². The fourth-order valence-electron chi connectivity index (χ4n) is 2.13. The Balaban J connectivity index is 1.87. The van der Waals surface area contributed by atoms with E-state index in [0.29, 0.717) is 0 Å². The second-order valence-corrected chi connectivity index (χ2v) is 4.75. The summed E-state index contributed by atoms with van der Waals surface area (Å²) >= 11 is 0. The molecule has 0 saturated carbocycles. The molecular formula is C17H20N2O2. The van der Waals surface area contributed by atoms with E-state index in [4.69, 9.17) is 4.74 Å². The molecule has 0 bridgehead atoms. The number of methoxy groups -OCH3 is 1. The van der Waals surface area contributed by atoms with E-state index in [-0.39, 0.29) is 5.91 Å². The van der Waals surface area contributed by atoms with Gasteiger partial charge >= 0.3 is 0 Å². The molecule has 0 fully saturated rings. The highest BCUT2D eigenvalue weighted by atomic mass is 16.5. The number of benzene rings is 2. The molecule has 0 aromatic heterocycles. The minimum Gasteiger partial charge on any atom is -0.496 e. The van der Waals surface area contributed by atoms with E-state index >= 15 is 0 Å². The Hall–Kier alpha value is -2.49. The number of carbonyl (C=O) groups excluding carboxylic acids is 1. The van der Waals surface area contributed by atoms with Crippen molar-refractivity contribution >= 4 is 17.3 Å². The van der Waals surface area contributed by atoms with Crippen LogP contribution in [0, 0.1) is 0 Å². The fourth-order valence-corrected chi connectivity index (χ4v) is 2.13. The van der Waals surface area contributed by atoms with E-state index in [1.54, 1.807) is 7.11 Å². The first-order valence-corrected chi connectivity index (χ1v) is 6.92. The van der Waals surface area contributed by atoms with Gasteiger partial charge in [0.25, 0.3) is 0 Å². The molecule has 2 N–H and O–H groups in total. The summed E-state index contributed by atoms with van der Waals surface area (Å²) in [7, 11) is 1.69. The van der Waals surface area contributed by atoms with Crippen LogP contribution in [0.2, 0.25) is 0 Å². The van der Waals surface area contributed by atoms with Crippen molar-refractivity contribution in [2.24, 2.45) is 0 Å². The number of anilines is 2. The SMILES string of the molecule is COc1ccccc1CCNc1ccc(NC(C)=O)cc1. The standard InChI is InChI=1S/C17H20N2O2/c1-13(20)19-16-9-7-15(8-10-16)18-12-11-14-5-3-4-6-17(14)21-2/h3-10,18H,11-12H2,1-2H3,(H,19,20). The molecule has 2 rings (SSSR count). The number of carbonyl (C=O) groups is 1. The maximum Gasteiger partial charge on any atom is 0.221 e. The number of para-hydroxylation sites is 1. The van der Waals surface area contributed by atoms with Crippen molar-refractivity contribution in [2.75, 3.05) is 24.3 Å². The third-order valence-corrected chi connectivity index (χ3v) is 3.12. The lowest BCUT2D eigenvalue weighted by Crippen LogP contribution is -2.07. The highest BCUT2D eigenvalue weighted by molar-refractivity contribution is 5.88. The van der Waals surface area contributed by atoms with Gasteiger partial charge < -0.3 is 15.4 Å². The normalized spacial score (nSPS) is 10.0. The molecule has 0 spiro atoms. The zero-order valence-corrected chi connectivity index (χ0v) is 12.3. The Bertz CT molecular complexity index is 594. The lowest BCUT2D eigenvalue weighted by Gasteiger charge is -2.10. The number of amides is 1. The summed E-state index contributed by atoms with van der Waals surface area (Å²) in [5.74, 6) is 0.854. The van der Waals surface area contributed by atoms with Crippen molar-refractivity contribution in [2.45, 2.75) is 13.3 Å². The van der Waals surface area contributed by atoms with Crippen LogP contribution in [-0.4, -0.2) is 19.6 Å². The van der Waals surface area contributed by atoms with E-state index in [9.17, 15) is 4.79 Å². The van der Waals surface area contributed by atoms with E-state index in [0.717, 1.165) is 30.1 Å². The Kier molecular flexibility index (Phi) is 5.21. The van der Waals surface area contributed by atoms with Crippen molar-refractivity contribution in [1.29, 1.82) is 0 Å². The van der Waals surface area contributed by atoms with Crippen LogP contribution in [0.5, 0.6) is 5.75 Å². The molecule has 2 aromatic carbocycles. The Morgan fingerprint density at radius 1 is 1.05 bits per heavy atom. The molecule has 0 aliphatic carbocycles. The second kappa shape index (κ2) is 7.33. The van der Waals surface area contributed by atoms with Gasteiger partial charge in [-0.3, -0.25) is 4.79 Å². The van der Waals surface area contributed by atoms with Gasteiger partial charge in [0.15, 0.2) is 0 Å². The van der Waals surface area contributed by atoms with E-state index in [1.165, 1.54) is 12.5 Å². The maximum absolute atomic E-state index is 10.9. The average Bonchev–Trinajstić information content (AvgIpc) is 2.49. The molecule has 0 radical (unpaired) electrons. The average molecular weight is 284 g/mol. The van der Waals surface area contributed by atoms with Crippen LogP contribution in [0.15, 0.2) is 48.5 Å². The first-order chi connectivity index (χ1) is 10.2. The predicted octanol–water partition coefficient (Wildman–Crippen LogP) is 3.31. The summed E-state index contributed by atoms with van der Waals surface area (Å²) in [5.41, 5.74) is 3.01. The van der Waals surface area contributed by atoms with Crippen LogP contribution in [0.3, 0.4) is 0 Å². The van der Waals surface area contributed by atoms with Gasteiger partial charge in [-0.05, 0) is 42.3 Å². The lowest BCUT2D eigenvalue weighted by atomic mass is 10.1. The largest absolute Gasteiger partial charge is 0.496 e. The van der Waals surface area contributed by atoms with Crippen LogP contribution in [-0.2, 0) is 11.2 Å². The maximum atomic E-state index is 10.9. The molecule has 0 unspecified atom stereocenters. The predicted molar refractivity (Wildman–Crippen MR) is 85.9 cm³/mol. The monoisotopic (exact) mass is 284 g/mol. The van der Waals surface area contributed by atoms with Crippen LogP contribution in [0.25, 0.3) is 0 Å². The molecule has 110 valence electrons. The Morgan fingerprint density at radius 3 is 2.38 bits per heavy atom. The minimum atomic E-state index is -0.0631. The number of rotatable bonds is 6. The van der Waals surface area contributed by atoms with Gasteiger partial charge in [0.2, 0.25) is 5.91 Å². The van der Waals surface area contributed by atoms with Crippen molar-refractivity contribution < 1.29 is 9.53 Å². The fraction of sp³-hybridized carbons (Fsp3) is 0.235. The van der Waals surface area contributed by atoms with Gasteiger partial charge in [-0.1, -0.05) is 18.2 Å². The molecule has 1 amide bonds. The number of hydrogen-bond donors (Lipinski definition) is 2. The van der Waals surface area contributed by atoms with Crippen LogP contribution >= 0.6 is 0 Å². The summed E-state index contributed by atoms with van der Waals surface area (Å²) in [4.78, 5) is 10.9. The van der Waals surface area contributed by atoms with Crippen molar-refractivity contribution in [3.8, 4) is 5.75 Å². The first-order valence-electron chi connectivity index (χ1n) is 6.92. The third-order valence-electron chi connectivity index (χ3n) is 3.12. The van der Waals surface area contributed by atoms with E-state index in [1.807, 2.05) is 42.5 Å². The van der Waals surface area contributed by atoms with Crippen LogP contribution in [0.4, 0.5) is 11.4 Å². The van der Waals surface area contributed by atoms with E-state index < -0.39 is 0 Å². The molecule has 0 aliphatic heterocycles. The Labute approximate surface area is 125 Å². The summed E-state index contributed by atoms with van der Waals surface area (Å²) in [6.07, 6.45) is 0.886. The van der Waals surface area contributed by atoms with Crippen molar-refractivity contribution in [3.05, 3.63) is 54.1 Å². The molecule has 4 nitrogen and oxygen atoms in total. The molecule has 0 atom stereocenters. The zero-order valence-electron chi connectivity index (χ0n) is 12.3. The molecule has 21 heavy (non-hydrogen) atoms. The molecular weight excluding hydrogens is 264 g/mol. The van der Waals surface area contributed by atoms with E-state index in [2.05, 4.69) is 16.7 Å². The topological polar surface area (TPSA) is 50.4 Å². The molecule has 2 aromatic rings. The second-order valence-electron chi connectivity index (χ2n) is 4.75. The number of nitrogens with one attached hydrogen (secondary N) is 2. The third kappa shape index (κ3) is 4.53. The zero-order chi connectivity index (χ0) is 15.1. The van der Waals surface area contributed by atoms with Crippen molar-refractivity contribution in [3.63, 3.8) is 0 Å². The number of hydrogen-bond acceptors (Lipinski definition) is 3. The van der Waals surface area contributed by atoms with Gasteiger partial charge in [0.1, 0.15) is 5.75 Å². The quantitative estimate of drug-likeness (QED) is 0.855.